The van der Waals surface area contributed by atoms with Crippen molar-refractivity contribution in [3.05, 3.63) is 63.7 Å². The van der Waals surface area contributed by atoms with Crippen LogP contribution in [0.3, 0.4) is 0 Å². The van der Waals surface area contributed by atoms with Crippen molar-refractivity contribution in [2.24, 2.45) is 5.92 Å². The fourth-order valence-electron chi connectivity index (χ4n) is 3.94. The van der Waals surface area contributed by atoms with E-state index in [0.29, 0.717) is 17.9 Å². The number of rotatable bonds is 5. The molecule has 0 radical (unpaired) electrons. The topological polar surface area (TPSA) is 49.8 Å². The molecule has 3 rings (SSSR count). The van der Waals surface area contributed by atoms with Crippen LogP contribution in [-0.4, -0.2) is 36.2 Å². The molecule has 0 amide bonds. The van der Waals surface area contributed by atoms with Crippen molar-refractivity contribution in [1.82, 2.24) is 4.90 Å². The molecule has 0 saturated carbocycles. The quantitative estimate of drug-likeness (QED) is 0.796. The molecule has 1 fully saturated rings. The minimum atomic E-state index is -0.696. The van der Waals surface area contributed by atoms with E-state index in [1.54, 1.807) is 7.11 Å². The molecule has 1 atom stereocenters. The molecule has 144 valence electrons. The van der Waals surface area contributed by atoms with Crippen molar-refractivity contribution in [3.8, 4) is 5.75 Å². The number of methoxy groups -OCH3 is 1. The highest BCUT2D eigenvalue weighted by Gasteiger charge is 2.32. The van der Waals surface area contributed by atoms with Crippen molar-refractivity contribution < 1.29 is 14.6 Å². The fraction of sp³-hybridized carbons (Fsp3) is 0.409. The third kappa shape index (κ3) is 4.28. The Bertz CT molecular complexity index is 828. The SMILES string of the molecule is COc1ccc(Cl)cc1C(c1cc(C)ccc1C)N1CCC(C(=O)O)CC1. The first-order valence-electron chi connectivity index (χ1n) is 9.28. The number of ether oxygens (including phenoxy) is 1. The molecular weight excluding hydrogens is 362 g/mol. The van der Waals surface area contributed by atoms with Gasteiger partial charge in [-0.2, -0.15) is 0 Å². The zero-order chi connectivity index (χ0) is 19.6. The Hall–Kier alpha value is -2.04. The van der Waals surface area contributed by atoms with Gasteiger partial charge in [-0.3, -0.25) is 9.69 Å². The average molecular weight is 388 g/mol. The smallest absolute Gasteiger partial charge is 0.306 e. The monoisotopic (exact) mass is 387 g/mol. The number of halogens is 1. The van der Waals surface area contributed by atoms with Gasteiger partial charge in [-0.1, -0.05) is 35.4 Å². The van der Waals surface area contributed by atoms with Gasteiger partial charge in [0.05, 0.1) is 19.1 Å². The summed E-state index contributed by atoms with van der Waals surface area (Å²) in [5, 5.41) is 10.0. The number of carbonyl (C=O) groups is 1. The summed E-state index contributed by atoms with van der Waals surface area (Å²) < 4.78 is 5.64. The molecule has 1 aliphatic rings. The number of aryl methyl sites for hydroxylation is 2. The Morgan fingerprint density at radius 3 is 2.48 bits per heavy atom. The molecule has 1 heterocycles. The molecule has 0 spiro atoms. The van der Waals surface area contributed by atoms with Crippen LogP contribution in [0.1, 0.15) is 41.1 Å². The number of aliphatic carboxylic acids is 1. The van der Waals surface area contributed by atoms with Crippen LogP contribution in [0.15, 0.2) is 36.4 Å². The number of benzene rings is 2. The lowest BCUT2D eigenvalue weighted by Crippen LogP contribution is -2.39. The van der Waals surface area contributed by atoms with Crippen molar-refractivity contribution >= 4 is 17.6 Å². The van der Waals surface area contributed by atoms with E-state index in [-0.39, 0.29) is 12.0 Å². The van der Waals surface area contributed by atoms with Gasteiger partial charge in [0.1, 0.15) is 5.75 Å². The van der Waals surface area contributed by atoms with E-state index in [0.717, 1.165) is 24.4 Å². The Morgan fingerprint density at radius 1 is 1.15 bits per heavy atom. The van der Waals surface area contributed by atoms with E-state index in [9.17, 15) is 9.90 Å². The van der Waals surface area contributed by atoms with Gasteiger partial charge in [-0.05, 0) is 69.1 Å². The van der Waals surface area contributed by atoms with E-state index in [2.05, 4.69) is 36.9 Å². The minimum Gasteiger partial charge on any atom is -0.496 e. The second-order valence-electron chi connectivity index (χ2n) is 7.30. The maximum absolute atomic E-state index is 11.4. The van der Waals surface area contributed by atoms with Gasteiger partial charge in [0.25, 0.3) is 0 Å². The van der Waals surface area contributed by atoms with Crippen LogP contribution in [0.25, 0.3) is 0 Å². The van der Waals surface area contributed by atoms with Gasteiger partial charge < -0.3 is 9.84 Å². The Morgan fingerprint density at radius 2 is 1.85 bits per heavy atom. The van der Waals surface area contributed by atoms with Crippen molar-refractivity contribution in [1.29, 1.82) is 0 Å². The molecule has 5 heteroatoms. The van der Waals surface area contributed by atoms with Gasteiger partial charge >= 0.3 is 5.97 Å². The predicted octanol–water partition coefficient (Wildman–Crippen LogP) is 4.85. The molecule has 2 aromatic carbocycles. The van der Waals surface area contributed by atoms with Crippen LogP contribution in [0, 0.1) is 19.8 Å². The third-order valence-electron chi connectivity index (χ3n) is 5.46. The fourth-order valence-corrected chi connectivity index (χ4v) is 4.12. The standard InChI is InChI=1S/C22H26ClNO3/c1-14-4-5-15(2)18(12-14)21(19-13-17(23)6-7-20(19)27-3)24-10-8-16(9-11-24)22(25)26/h4-7,12-13,16,21H,8-11H2,1-3H3,(H,25,26). The van der Waals surface area contributed by atoms with Gasteiger partial charge in [-0.25, -0.2) is 0 Å². The largest absolute Gasteiger partial charge is 0.496 e. The summed E-state index contributed by atoms with van der Waals surface area (Å²) in [4.78, 5) is 13.7. The summed E-state index contributed by atoms with van der Waals surface area (Å²) in [6.45, 7) is 5.66. The summed E-state index contributed by atoms with van der Waals surface area (Å²) >= 11 is 6.33. The van der Waals surface area contributed by atoms with E-state index in [1.807, 2.05) is 18.2 Å². The van der Waals surface area contributed by atoms with E-state index in [4.69, 9.17) is 16.3 Å². The molecule has 0 bridgehead atoms. The molecule has 27 heavy (non-hydrogen) atoms. The van der Waals surface area contributed by atoms with Gasteiger partial charge in [0, 0.05) is 10.6 Å². The first-order valence-corrected chi connectivity index (χ1v) is 9.66. The normalized spacial score (nSPS) is 16.9. The molecule has 0 aromatic heterocycles. The molecular formula is C22H26ClNO3. The highest BCUT2D eigenvalue weighted by atomic mass is 35.5. The molecule has 2 aromatic rings. The van der Waals surface area contributed by atoms with Crippen molar-refractivity contribution in [3.63, 3.8) is 0 Å². The molecule has 1 saturated heterocycles. The van der Waals surface area contributed by atoms with Crippen molar-refractivity contribution in [2.45, 2.75) is 32.7 Å². The first kappa shape index (κ1) is 19.7. The highest BCUT2D eigenvalue weighted by molar-refractivity contribution is 6.30. The molecule has 1 unspecified atom stereocenters. The number of nitrogens with zero attached hydrogens (tertiary/aromatic N) is 1. The lowest BCUT2D eigenvalue weighted by Gasteiger charge is -2.38. The number of hydrogen-bond donors (Lipinski definition) is 1. The number of hydrogen-bond acceptors (Lipinski definition) is 3. The zero-order valence-electron chi connectivity index (χ0n) is 16.0. The van der Waals surface area contributed by atoms with Crippen LogP contribution >= 0.6 is 11.6 Å². The average Bonchev–Trinajstić information content (AvgIpc) is 2.65. The summed E-state index contributed by atoms with van der Waals surface area (Å²) in [5.74, 6) is -0.161. The zero-order valence-corrected chi connectivity index (χ0v) is 16.8. The van der Waals surface area contributed by atoms with Crippen molar-refractivity contribution in [2.75, 3.05) is 20.2 Å². The Labute approximate surface area is 165 Å². The Kier molecular flexibility index (Phi) is 6.08. The van der Waals surface area contributed by atoms with Crippen LogP contribution in [0.5, 0.6) is 5.75 Å². The summed E-state index contributed by atoms with van der Waals surface area (Å²) in [6, 6.07) is 12.1. The molecule has 1 N–H and O–H groups in total. The third-order valence-corrected chi connectivity index (χ3v) is 5.69. The van der Waals surface area contributed by atoms with Gasteiger partial charge in [0.2, 0.25) is 0 Å². The summed E-state index contributed by atoms with van der Waals surface area (Å²) in [7, 11) is 1.67. The van der Waals surface area contributed by atoms with Gasteiger partial charge in [0.15, 0.2) is 0 Å². The van der Waals surface area contributed by atoms with Crippen LogP contribution in [0.4, 0.5) is 0 Å². The van der Waals surface area contributed by atoms with E-state index < -0.39 is 5.97 Å². The van der Waals surface area contributed by atoms with Crippen LogP contribution < -0.4 is 4.74 Å². The number of likely N-dealkylation sites (tertiary alicyclic amines) is 1. The Balaban J connectivity index is 2.07. The number of carboxylic acids is 1. The second-order valence-corrected chi connectivity index (χ2v) is 7.73. The number of carboxylic acid groups (broad SMARTS) is 1. The number of piperidine rings is 1. The lowest BCUT2D eigenvalue weighted by atomic mass is 9.88. The predicted molar refractivity (Wildman–Crippen MR) is 108 cm³/mol. The lowest BCUT2D eigenvalue weighted by molar-refractivity contribution is -0.143. The van der Waals surface area contributed by atoms with Crippen LogP contribution in [0.2, 0.25) is 5.02 Å². The first-order chi connectivity index (χ1) is 12.9. The summed E-state index contributed by atoms with van der Waals surface area (Å²) in [5.41, 5.74) is 4.63. The van der Waals surface area contributed by atoms with Crippen LogP contribution in [-0.2, 0) is 4.79 Å². The maximum Gasteiger partial charge on any atom is 0.306 e. The summed E-state index contributed by atoms with van der Waals surface area (Å²) in [6.07, 6.45) is 1.30. The van der Waals surface area contributed by atoms with E-state index in [1.165, 1.54) is 16.7 Å². The second kappa shape index (κ2) is 8.32. The minimum absolute atomic E-state index is 0.0201. The molecule has 4 nitrogen and oxygen atoms in total. The highest BCUT2D eigenvalue weighted by Crippen LogP contribution is 2.39. The van der Waals surface area contributed by atoms with Gasteiger partial charge in [-0.15, -0.1) is 0 Å². The molecule has 1 aliphatic heterocycles. The van der Waals surface area contributed by atoms with E-state index >= 15 is 0 Å². The maximum atomic E-state index is 11.4. The molecule has 0 aliphatic carbocycles.